The van der Waals surface area contributed by atoms with Gasteiger partial charge in [0.25, 0.3) is 11.8 Å². The summed E-state index contributed by atoms with van der Waals surface area (Å²) in [6, 6.07) is 10.7. The molecule has 0 atom stereocenters. The number of nitrogens with zero attached hydrogens (tertiary/aromatic N) is 1. The van der Waals surface area contributed by atoms with Gasteiger partial charge >= 0.3 is 6.03 Å². The number of urea groups is 1. The summed E-state index contributed by atoms with van der Waals surface area (Å²) < 4.78 is 12.1. The monoisotopic (exact) mass is 526 g/mol. The SMILES string of the molecule is COc1cc(C=C2C(=O)NC(=O)N(C3CCCCC3)C2=O)cc(Br)c1OCc1ccc(C)cc1. The average Bonchev–Trinajstić information content (AvgIpc) is 2.82. The molecule has 2 fully saturated rings. The van der Waals surface area contributed by atoms with E-state index >= 15 is 0 Å². The van der Waals surface area contributed by atoms with Gasteiger partial charge in [0.05, 0.1) is 11.6 Å². The minimum Gasteiger partial charge on any atom is -0.493 e. The number of amides is 4. The molecule has 0 radical (unpaired) electrons. The molecular formula is C26H27BrN2O5. The first-order chi connectivity index (χ1) is 16.4. The van der Waals surface area contributed by atoms with Gasteiger partial charge in [0.2, 0.25) is 0 Å². The lowest BCUT2D eigenvalue weighted by molar-refractivity contribution is -0.132. The van der Waals surface area contributed by atoms with Crippen molar-refractivity contribution in [3.05, 3.63) is 63.1 Å². The number of hydrogen-bond acceptors (Lipinski definition) is 5. The number of ether oxygens (including phenoxy) is 2. The van der Waals surface area contributed by atoms with Crippen molar-refractivity contribution in [2.75, 3.05) is 7.11 Å². The number of aryl methyl sites for hydroxylation is 1. The molecule has 4 rings (SSSR count). The van der Waals surface area contributed by atoms with E-state index in [1.165, 1.54) is 23.6 Å². The minimum atomic E-state index is -0.697. The number of rotatable bonds is 6. The normalized spacial score (nSPS) is 18.3. The molecule has 1 N–H and O–H groups in total. The summed E-state index contributed by atoms with van der Waals surface area (Å²) in [5.74, 6) is -0.284. The molecule has 1 saturated heterocycles. The molecular weight excluding hydrogens is 500 g/mol. The molecule has 1 aliphatic carbocycles. The minimum absolute atomic E-state index is 0.0764. The molecule has 0 aromatic heterocycles. The van der Waals surface area contributed by atoms with Crippen LogP contribution in [0.5, 0.6) is 11.5 Å². The highest BCUT2D eigenvalue weighted by atomic mass is 79.9. The van der Waals surface area contributed by atoms with E-state index in [1.807, 2.05) is 31.2 Å². The van der Waals surface area contributed by atoms with Crippen LogP contribution >= 0.6 is 15.9 Å². The maximum Gasteiger partial charge on any atom is 0.331 e. The van der Waals surface area contributed by atoms with Crippen LogP contribution in [0, 0.1) is 6.92 Å². The summed E-state index contributed by atoms with van der Waals surface area (Å²) in [5.41, 5.74) is 2.68. The Morgan fingerprint density at radius 2 is 1.79 bits per heavy atom. The molecule has 2 aliphatic rings. The Morgan fingerprint density at radius 3 is 2.47 bits per heavy atom. The summed E-state index contributed by atoms with van der Waals surface area (Å²) in [6.07, 6.45) is 6.01. The highest BCUT2D eigenvalue weighted by molar-refractivity contribution is 9.10. The number of hydrogen-bond donors (Lipinski definition) is 1. The molecule has 178 valence electrons. The lowest BCUT2D eigenvalue weighted by Crippen LogP contribution is -2.58. The van der Waals surface area contributed by atoms with E-state index < -0.39 is 17.8 Å². The highest BCUT2D eigenvalue weighted by Crippen LogP contribution is 2.38. The van der Waals surface area contributed by atoms with Crippen molar-refractivity contribution in [1.82, 2.24) is 10.2 Å². The third-order valence-electron chi connectivity index (χ3n) is 6.14. The van der Waals surface area contributed by atoms with E-state index in [1.54, 1.807) is 12.1 Å². The zero-order valence-electron chi connectivity index (χ0n) is 19.2. The van der Waals surface area contributed by atoms with Gasteiger partial charge in [-0.3, -0.25) is 19.8 Å². The molecule has 8 heteroatoms. The predicted molar refractivity (Wildman–Crippen MR) is 131 cm³/mol. The lowest BCUT2D eigenvalue weighted by atomic mass is 9.93. The zero-order valence-corrected chi connectivity index (χ0v) is 20.8. The summed E-state index contributed by atoms with van der Waals surface area (Å²) in [4.78, 5) is 39.3. The van der Waals surface area contributed by atoms with Crippen LogP contribution in [-0.4, -0.2) is 35.9 Å². The van der Waals surface area contributed by atoms with E-state index in [4.69, 9.17) is 9.47 Å². The summed E-state index contributed by atoms with van der Waals surface area (Å²) >= 11 is 3.52. The fraction of sp³-hybridized carbons (Fsp3) is 0.346. The van der Waals surface area contributed by atoms with Crippen molar-refractivity contribution in [3.8, 4) is 11.5 Å². The summed E-state index contributed by atoms with van der Waals surface area (Å²) in [6.45, 7) is 2.38. The van der Waals surface area contributed by atoms with Gasteiger partial charge in [-0.15, -0.1) is 0 Å². The van der Waals surface area contributed by atoms with Gasteiger partial charge in [0.15, 0.2) is 11.5 Å². The second-order valence-electron chi connectivity index (χ2n) is 8.59. The topological polar surface area (TPSA) is 84.9 Å². The molecule has 0 bridgehead atoms. The number of halogens is 1. The molecule has 1 heterocycles. The largest absolute Gasteiger partial charge is 0.493 e. The Labute approximate surface area is 207 Å². The van der Waals surface area contributed by atoms with Gasteiger partial charge in [-0.25, -0.2) is 4.79 Å². The average molecular weight is 527 g/mol. The fourth-order valence-corrected chi connectivity index (χ4v) is 4.89. The van der Waals surface area contributed by atoms with E-state index in [0.717, 1.165) is 37.7 Å². The smallest absolute Gasteiger partial charge is 0.331 e. The first-order valence-electron chi connectivity index (χ1n) is 11.3. The van der Waals surface area contributed by atoms with Crippen LogP contribution in [0.3, 0.4) is 0 Å². The third-order valence-corrected chi connectivity index (χ3v) is 6.73. The van der Waals surface area contributed by atoms with Gasteiger partial charge < -0.3 is 9.47 Å². The lowest BCUT2D eigenvalue weighted by Gasteiger charge is -2.35. The van der Waals surface area contributed by atoms with E-state index in [0.29, 0.717) is 28.1 Å². The van der Waals surface area contributed by atoms with E-state index in [-0.39, 0.29) is 11.6 Å². The van der Waals surface area contributed by atoms with Crippen LogP contribution in [-0.2, 0) is 16.2 Å². The molecule has 1 saturated carbocycles. The molecule has 0 unspecified atom stereocenters. The van der Waals surface area contributed by atoms with Crippen molar-refractivity contribution in [1.29, 1.82) is 0 Å². The van der Waals surface area contributed by atoms with E-state index in [9.17, 15) is 14.4 Å². The van der Waals surface area contributed by atoms with Crippen LogP contribution in [0.25, 0.3) is 6.08 Å². The van der Waals surface area contributed by atoms with Crippen molar-refractivity contribution in [3.63, 3.8) is 0 Å². The van der Waals surface area contributed by atoms with Crippen molar-refractivity contribution >= 4 is 39.9 Å². The number of methoxy groups -OCH3 is 1. The molecule has 2 aromatic rings. The second-order valence-corrected chi connectivity index (χ2v) is 9.45. The standard InChI is InChI=1S/C26H27BrN2O5/c1-16-8-10-17(11-9-16)15-34-23-21(27)13-18(14-22(23)33-2)12-20-24(30)28-26(32)29(25(20)31)19-6-4-3-5-7-19/h8-14,19H,3-7,15H2,1-2H3,(H,28,30,32). The number of carbonyl (C=O) groups is 3. The first-order valence-corrected chi connectivity index (χ1v) is 12.1. The molecule has 7 nitrogen and oxygen atoms in total. The second kappa shape index (κ2) is 10.4. The number of nitrogens with one attached hydrogen (secondary N) is 1. The highest BCUT2D eigenvalue weighted by Gasteiger charge is 2.40. The zero-order chi connectivity index (χ0) is 24.2. The van der Waals surface area contributed by atoms with Crippen LogP contribution in [0.2, 0.25) is 0 Å². The maximum absolute atomic E-state index is 13.1. The van der Waals surface area contributed by atoms with Gasteiger partial charge in [-0.1, -0.05) is 49.1 Å². The van der Waals surface area contributed by atoms with Crippen LogP contribution in [0.4, 0.5) is 4.79 Å². The molecule has 1 aliphatic heterocycles. The Kier molecular flexibility index (Phi) is 7.36. The molecule has 2 aromatic carbocycles. The van der Waals surface area contributed by atoms with Crippen LogP contribution in [0.1, 0.15) is 48.8 Å². The number of benzene rings is 2. The number of imide groups is 2. The number of carbonyl (C=O) groups excluding carboxylic acids is 3. The Morgan fingerprint density at radius 1 is 1.09 bits per heavy atom. The van der Waals surface area contributed by atoms with Gasteiger partial charge in [0, 0.05) is 6.04 Å². The van der Waals surface area contributed by atoms with Gasteiger partial charge in [-0.05, 0) is 65.0 Å². The van der Waals surface area contributed by atoms with Crippen molar-refractivity contribution < 1.29 is 23.9 Å². The molecule has 0 spiro atoms. The van der Waals surface area contributed by atoms with Gasteiger partial charge in [0.1, 0.15) is 12.2 Å². The van der Waals surface area contributed by atoms with Crippen molar-refractivity contribution in [2.24, 2.45) is 0 Å². The summed E-state index contributed by atoms with van der Waals surface area (Å²) in [5, 5.41) is 2.32. The molecule has 4 amide bonds. The maximum atomic E-state index is 13.1. The quantitative estimate of drug-likeness (QED) is 0.416. The Balaban J connectivity index is 1.59. The van der Waals surface area contributed by atoms with E-state index in [2.05, 4.69) is 21.2 Å². The third kappa shape index (κ3) is 5.17. The molecule has 34 heavy (non-hydrogen) atoms. The van der Waals surface area contributed by atoms with Crippen molar-refractivity contribution in [2.45, 2.75) is 51.7 Å². The number of barbiturate groups is 1. The predicted octanol–water partition coefficient (Wildman–Crippen LogP) is 5.14. The van der Waals surface area contributed by atoms with Crippen LogP contribution in [0.15, 0.2) is 46.4 Å². The summed E-state index contributed by atoms with van der Waals surface area (Å²) in [7, 11) is 1.53. The van der Waals surface area contributed by atoms with Gasteiger partial charge in [-0.2, -0.15) is 0 Å². The van der Waals surface area contributed by atoms with Crippen LogP contribution < -0.4 is 14.8 Å². The fourth-order valence-electron chi connectivity index (χ4n) is 4.31. The Hall–Kier alpha value is -3.13. The Bertz CT molecular complexity index is 1140. The first kappa shape index (κ1) is 24.0.